The van der Waals surface area contributed by atoms with Gasteiger partial charge in [0.05, 0.1) is 17.9 Å². The van der Waals surface area contributed by atoms with E-state index >= 15 is 0 Å². The Bertz CT molecular complexity index is 830. The van der Waals surface area contributed by atoms with Gasteiger partial charge in [-0.3, -0.25) is 4.79 Å². The number of benzene rings is 2. The summed E-state index contributed by atoms with van der Waals surface area (Å²) in [6.07, 6.45) is -4.74. The van der Waals surface area contributed by atoms with Gasteiger partial charge in [-0.2, -0.15) is 0 Å². The molecule has 0 saturated carbocycles. The lowest BCUT2D eigenvalue weighted by Crippen LogP contribution is -2.28. The largest absolute Gasteiger partial charge is 0.573 e. The molecule has 0 aromatic heterocycles. The first-order valence-electron chi connectivity index (χ1n) is 7.86. The van der Waals surface area contributed by atoms with Crippen molar-refractivity contribution in [2.75, 3.05) is 12.9 Å². The van der Waals surface area contributed by atoms with E-state index in [1.54, 1.807) is 23.1 Å². The van der Waals surface area contributed by atoms with Crippen molar-refractivity contribution >= 4 is 29.3 Å². The van der Waals surface area contributed by atoms with E-state index in [0.29, 0.717) is 21.9 Å². The van der Waals surface area contributed by atoms with E-state index in [9.17, 15) is 18.0 Å². The zero-order valence-corrected chi connectivity index (χ0v) is 15.7. The molecule has 0 radical (unpaired) electrons. The van der Waals surface area contributed by atoms with Crippen LogP contribution in [0, 0.1) is 0 Å². The number of thioether (sulfide) groups is 1. The number of hydrogen-bond donors (Lipinski definition) is 0. The number of carbonyl (C=O) groups is 1. The number of nitrogens with zero attached hydrogens (tertiary/aromatic N) is 1. The quantitative estimate of drug-likeness (QED) is 0.684. The minimum absolute atomic E-state index is 0.0809. The number of carbonyl (C=O) groups excluding carboxylic acids is 1. The van der Waals surface area contributed by atoms with Crippen LogP contribution in [0.15, 0.2) is 42.5 Å². The summed E-state index contributed by atoms with van der Waals surface area (Å²) in [5, 5.41) is 0.146. The second kappa shape index (κ2) is 7.90. The fraction of sp³-hybridized carbons (Fsp3) is 0.278. The highest BCUT2D eigenvalue weighted by Crippen LogP contribution is 2.46. The zero-order chi connectivity index (χ0) is 19.6. The lowest BCUT2D eigenvalue weighted by molar-refractivity contribution is -0.274. The van der Waals surface area contributed by atoms with Crippen LogP contribution in [0.5, 0.6) is 11.5 Å². The molecule has 1 aliphatic rings. The lowest BCUT2D eigenvalue weighted by atomic mass is 10.1. The molecular formula is C18H15ClF3NO3S. The third-order valence-corrected chi connectivity index (χ3v) is 5.51. The monoisotopic (exact) mass is 417 g/mol. The molecule has 4 nitrogen and oxygen atoms in total. The maximum atomic E-state index is 12.4. The molecule has 1 heterocycles. The third-order valence-electron chi connectivity index (χ3n) is 3.96. The standard InChI is InChI=1S/C18H15ClF3NO3S/c1-25-14-4-2-3-13(19)16(14)17-23(15(24)10-27-17)9-11-5-7-12(8-6-11)26-18(20,21)22/h2-8,17H,9-10H2,1H3. The molecule has 1 saturated heterocycles. The smallest absolute Gasteiger partial charge is 0.496 e. The normalized spacial score (nSPS) is 17.3. The molecule has 2 aromatic rings. The SMILES string of the molecule is COc1cccc(Cl)c1C1SCC(=O)N1Cc1ccc(OC(F)(F)F)cc1. The van der Waals surface area contributed by atoms with Crippen molar-refractivity contribution in [3.8, 4) is 11.5 Å². The Labute approximate surface area is 163 Å². The van der Waals surface area contributed by atoms with Crippen molar-refractivity contribution in [1.29, 1.82) is 0 Å². The van der Waals surface area contributed by atoms with Crippen molar-refractivity contribution < 1.29 is 27.4 Å². The number of ether oxygens (including phenoxy) is 2. The molecule has 0 aliphatic carbocycles. The van der Waals surface area contributed by atoms with Gasteiger partial charge in [0.1, 0.15) is 16.9 Å². The van der Waals surface area contributed by atoms with E-state index in [1.807, 2.05) is 0 Å². The summed E-state index contributed by atoms with van der Waals surface area (Å²) >= 11 is 7.76. The van der Waals surface area contributed by atoms with Gasteiger partial charge in [-0.25, -0.2) is 0 Å². The highest BCUT2D eigenvalue weighted by Gasteiger charge is 2.36. The fourth-order valence-electron chi connectivity index (χ4n) is 2.79. The van der Waals surface area contributed by atoms with Crippen LogP contribution in [0.25, 0.3) is 0 Å². The van der Waals surface area contributed by atoms with Gasteiger partial charge in [-0.1, -0.05) is 29.8 Å². The van der Waals surface area contributed by atoms with Gasteiger partial charge >= 0.3 is 6.36 Å². The molecule has 3 rings (SSSR count). The van der Waals surface area contributed by atoms with E-state index in [0.717, 1.165) is 0 Å². The summed E-state index contributed by atoms with van der Waals surface area (Å²) in [5.74, 6) is 0.475. The number of rotatable bonds is 5. The minimum Gasteiger partial charge on any atom is -0.496 e. The molecule has 0 bridgehead atoms. The molecule has 144 valence electrons. The van der Waals surface area contributed by atoms with Gasteiger partial charge in [-0.05, 0) is 29.8 Å². The van der Waals surface area contributed by atoms with Crippen molar-refractivity contribution in [2.45, 2.75) is 18.3 Å². The van der Waals surface area contributed by atoms with Gasteiger partial charge in [0.25, 0.3) is 0 Å². The highest BCUT2D eigenvalue weighted by atomic mass is 35.5. The van der Waals surface area contributed by atoms with Crippen LogP contribution in [0.3, 0.4) is 0 Å². The number of hydrogen-bond acceptors (Lipinski definition) is 4. The molecule has 1 unspecified atom stereocenters. The first kappa shape index (κ1) is 19.7. The molecule has 0 spiro atoms. The zero-order valence-electron chi connectivity index (χ0n) is 14.1. The van der Waals surface area contributed by atoms with Crippen molar-refractivity contribution in [3.05, 3.63) is 58.6 Å². The van der Waals surface area contributed by atoms with Gasteiger partial charge in [0, 0.05) is 12.1 Å². The Morgan fingerprint density at radius 3 is 2.56 bits per heavy atom. The Balaban J connectivity index is 1.82. The molecule has 1 aliphatic heterocycles. The molecular weight excluding hydrogens is 403 g/mol. The summed E-state index contributed by atoms with van der Waals surface area (Å²) in [6.45, 7) is 0.233. The summed E-state index contributed by atoms with van der Waals surface area (Å²) in [6, 6.07) is 10.7. The Morgan fingerprint density at radius 2 is 1.93 bits per heavy atom. The molecule has 0 N–H and O–H groups in total. The van der Waals surface area contributed by atoms with Crippen LogP contribution >= 0.6 is 23.4 Å². The maximum absolute atomic E-state index is 12.4. The number of amides is 1. The van der Waals surface area contributed by atoms with E-state index < -0.39 is 6.36 Å². The van der Waals surface area contributed by atoms with Crippen LogP contribution < -0.4 is 9.47 Å². The van der Waals surface area contributed by atoms with Gasteiger partial charge in [0.2, 0.25) is 5.91 Å². The first-order chi connectivity index (χ1) is 12.8. The predicted octanol–water partition coefficient (Wildman–Crippen LogP) is 5.02. The fourth-order valence-corrected chi connectivity index (χ4v) is 4.37. The Morgan fingerprint density at radius 1 is 1.22 bits per heavy atom. The Hall–Kier alpha value is -2.06. The molecule has 2 aromatic carbocycles. The van der Waals surface area contributed by atoms with Crippen LogP contribution in [0.1, 0.15) is 16.5 Å². The molecule has 1 amide bonds. The number of halogens is 4. The van der Waals surface area contributed by atoms with Gasteiger partial charge in [0.15, 0.2) is 0 Å². The Kier molecular flexibility index (Phi) is 5.76. The van der Waals surface area contributed by atoms with E-state index in [-0.39, 0.29) is 29.3 Å². The summed E-state index contributed by atoms with van der Waals surface area (Å²) < 4.78 is 46.0. The molecule has 27 heavy (non-hydrogen) atoms. The van der Waals surface area contributed by atoms with Gasteiger partial charge < -0.3 is 14.4 Å². The molecule has 1 fully saturated rings. The summed E-state index contributed by atoms with van der Waals surface area (Å²) in [7, 11) is 1.53. The molecule has 1 atom stereocenters. The van der Waals surface area contributed by atoms with E-state index in [4.69, 9.17) is 16.3 Å². The van der Waals surface area contributed by atoms with Crippen molar-refractivity contribution in [1.82, 2.24) is 4.90 Å². The predicted molar refractivity (Wildman–Crippen MR) is 96.9 cm³/mol. The van der Waals surface area contributed by atoms with Crippen LogP contribution in [-0.4, -0.2) is 30.0 Å². The van der Waals surface area contributed by atoms with Gasteiger partial charge in [-0.15, -0.1) is 24.9 Å². The topological polar surface area (TPSA) is 38.8 Å². The average molecular weight is 418 g/mol. The third kappa shape index (κ3) is 4.62. The second-order valence-electron chi connectivity index (χ2n) is 5.73. The summed E-state index contributed by atoms with van der Waals surface area (Å²) in [4.78, 5) is 14.0. The van der Waals surface area contributed by atoms with Crippen molar-refractivity contribution in [3.63, 3.8) is 0 Å². The maximum Gasteiger partial charge on any atom is 0.573 e. The highest BCUT2D eigenvalue weighted by molar-refractivity contribution is 8.00. The number of alkyl halides is 3. The average Bonchev–Trinajstić information content (AvgIpc) is 2.95. The lowest BCUT2D eigenvalue weighted by Gasteiger charge is -2.26. The van der Waals surface area contributed by atoms with Crippen molar-refractivity contribution in [2.24, 2.45) is 0 Å². The van der Waals surface area contributed by atoms with E-state index in [2.05, 4.69) is 4.74 Å². The second-order valence-corrected chi connectivity index (χ2v) is 7.21. The minimum atomic E-state index is -4.74. The molecule has 9 heteroatoms. The summed E-state index contributed by atoms with van der Waals surface area (Å²) in [5.41, 5.74) is 1.38. The van der Waals surface area contributed by atoms with Crippen LogP contribution in [-0.2, 0) is 11.3 Å². The van der Waals surface area contributed by atoms with Crippen LogP contribution in [0.4, 0.5) is 13.2 Å². The first-order valence-corrected chi connectivity index (χ1v) is 9.29. The number of methoxy groups -OCH3 is 1. The van der Waals surface area contributed by atoms with Crippen LogP contribution in [0.2, 0.25) is 5.02 Å². The van der Waals surface area contributed by atoms with E-state index in [1.165, 1.54) is 43.1 Å².